The summed E-state index contributed by atoms with van der Waals surface area (Å²) >= 11 is 0. The first-order chi connectivity index (χ1) is 9.49. The van der Waals surface area contributed by atoms with Gasteiger partial charge >= 0.3 is 5.97 Å². The minimum Gasteiger partial charge on any atom is -0.478 e. The maximum absolute atomic E-state index is 11.4. The van der Waals surface area contributed by atoms with Gasteiger partial charge in [-0.15, -0.1) is 0 Å². The van der Waals surface area contributed by atoms with Crippen LogP contribution in [0, 0.1) is 0 Å². The highest BCUT2D eigenvalue weighted by molar-refractivity contribution is 5.87. The van der Waals surface area contributed by atoms with Crippen molar-refractivity contribution in [1.29, 1.82) is 0 Å². The molecule has 0 aliphatic rings. The molecule has 1 aromatic rings. The summed E-state index contributed by atoms with van der Waals surface area (Å²) < 4.78 is 0. The summed E-state index contributed by atoms with van der Waals surface area (Å²) in [4.78, 5) is 32.9. The number of rotatable bonds is 7. The molecule has 108 valence electrons. The van der Waals surface area contributed by atoms with Gasteiger partial charge in [0.25, 0.3) is 0 Å². The molecule has 1 rings (SSSR count). The Balaban J connectivity index is 2.30. The first-order valence-corrected chi connectivity index (χ1v) is 6.32. The second-order valence-corrected chi connectivity index (χ2v) is 4.34. The zero-order valence-electron chi connectivity index (χ0n) is 11.3. The zero-order valence-corrected chi connectivity index (χ0v) is 11.3. The van der Waals surface area contributed by atoms with Crippen molar-refractivity contribution in [2.75, 3.05) is 13.1 Å². The van der Waals surface area contributed by atoms with Crippen molar-refractivity contribution >= 4 is 17.8 Å². The van der Waals surface area contributed by atoms with Gasteiger partial charge in [-0.25, -0.2) is 4.79 Å². The van der Waals surface area contributed by atoms with Crippen molar-refractivity contribution < 1.29 is 19.5 Å². The molecule has 0 spiro atoms. The highest BCUT2D eigenvalue weighted by Crippen LogP contribution is 2.05. The molecule has 0 unspecified atom stereocenters. The van der Waals surface area contributed by atoms with Gasteiger partial charge in [0, 0.05) is 26.4 Å². The van der Waals surface area contributed by atoms with Gasteiger partial charge in [0.1, 0.15) is 0 Å². The molecule has 6 heteroatoms. The Morgan fingerprint density at radius 3 is 2.55 bits per heavy atom. The monoisotopic (exact) mass is 278 g/mol. The number of carboxylic acids is 1. The molecule has 2 amide bonds. The Labute approximate surface area is 117 Å². The second-order valence-electron chi connectivity index (χ2n) is 4.34. The molecule has 0 heterocycles. The third-order valence-corrected chi connectivity index (χ3v) is 2.64. The van der Waals surface area contributed by atoms with Gasteiger partial charge in [0.05, 0.1) is 5.56 Å². The summed E-state index contributed by atoms with van der Waals surface area (Å²) in [6, 6.07) is 6.61. The lowest BCUT2D eigenvalue weighted by molar-refractivity contribution is -0.121. The lowest BCUT2D eigenvalue weighted by Crippen LogP contribution is -2.30. The van der Waals surface area contributed by atoms with E-state index >= 15 is 0 Å². The van der Waals surface area contributed by atoms with Crippen LogP contribution in [0.15, 0.2) is 24.3 Å². The number of benzene rings is 1. The smallest absolute Gasteiger partial charge is 0.335 e. The Morgan fingerprint density at radius 2 is 1.90 bits per heavy atom. The van der Waals surface area contributed by atoms with Gasteiger partial charge in [-0.2, -0.15) is 0 Å². The molecule has 0 aromatic heterocycles. The number of hydrogen-bond acceptors (Lipinski definition) is 3. The van der Waals surface area contributed by atoms with Crippen molar-refractivity contribution in [2.24, 2.45) is 0 Å². The molecular weight excluding hydrogens is 260 g/mol. The van der Waals surface area contributed by atoms with E-state index in [-0.39, 0.29) is 23.8 Å². The quantitative estimate of drug-likeness (QED) is 0.679. The molecule has 1 aromatic carbocycles. The maximum atomic E-state index is 11.4. The van der Waals surface area contributed by atoms with E-state index in [0.717, 1.165) is 5.56 Å². The van der Waals surface area contributed by atoms with Gasteiger partial charge in [-0.3, -0.25) is 9.59 Å². The van der Waals surface area contributed by atoms with Crippen LogP contribution in [0.2, 0.25) is 0 Å². The van der Waals surface area contributed by atoms with Crippen LogP contribution in [0.4, 0.5) is 0 Å². The van der Waals surface area contributed by atoms with E-state index in [0.29, 0.717) is 19.5 Å². The van der Waals surface area contributed by atoms with Crippen LogP contribution in [-0.4, -0.2) is 36.0 Å². The van der Waals surface area contributed by atoms with Gasteiger partial charge in [-0.1, -0.05) is 12.1 Å². The number of aromatic carboxylic acids is 1. The van der Waals surface area contributed by atoms with Crippen molar-refractivity contribution in [1.82, 2.24) is 10.6 Å². The summed E-state index contributed by atoms with van der Waals surface area (Å²) in [6.45, 7) is 2.14. The summed E-state index contributed by atoms with van der Waals surface area (Å²) in [7, 11) is 0. The van der Waals surface area contributed by atoms with Crippen LogP contribution in [0.1, 0.15) is 29.3 Å². The number of carbonyl (C=O) groups is 3. The summed E-state index contributed by atoms with van der Waals surface area (Å²) in [5.41, 5.74) is 1.09. The average molecular weight is 278 g/mol. The molecule has 0 saturated heterocycles. The molecule has 20 heavy (non-hydrogen) atoms. The van der Waals surface area contributed by atoms with Gasteiger partial charge in [0.15, 0.2) is 0 Å². The highest BCUT2D eigenvalue weighted by atomic mass is 16.4. The Hall–Kier alpha value is -2.37. The topological polar surface area (TPSA) is 95.5 Å². The van der Waals surface area contributed by atoms with Crippen LogP contribution in [0.5, 0.6) is 0 Å². The van der Waals surface area contributed by atoms with Crippen LogP contribution in [0.3, 0.4) is 0 Å². The van der Waals surface area contributed by atoms with E-state index in [1.54, 1.807) is 12.1 Å². The number of hydrogen-bond donors (Lipinski definition) is 3. The fraction of sp³-hybridized carbons (Fsp3) is 0.357. The molecule has 0 aliphatic carbocycles. The summed E-state index contributed by atoms with van der Waals surface area (Å²) in [5.74, 6) is -1.28. The van der Waals surface area contributed by atoms with E-state index in [2.05, 4.69) is 10.6 Å². The Kier molecular flexibility index (Phi) is 6.22. The molecule has 0 atom stereocenters. The van der Waals surface area contributed by atoms with Gasteiger partial charge < -0.3 is 15.7 Å². The Bertz CT molecular complexity index is 500. The molecule has 0 bridgehead atoms. The highest BCUT2D eigenvalue weighted by Gasteiger charge is 2.04. The van der Waals surface area contributed by atoms with E-state index in [9.17, 15) is 14.4 Å². The van der Waals surface area contributed by atoms with Gasteiger partial charge in [-0.05, 0) is 24.1 Å². The van der Waals surface area contributed by atoms with Crippen LogP contribution < -0.4 is 10.6 Å². The number of amides is 2. The Morgan fingerprint density at radius 1 is 1.15 bits per heavy atom. The molecular formula is C14H18N2O4. The predicted molar refractivity (Wildman–Crippen MR) is 73.4 cm³/mol. The van der Waals surface area contributed by atoms with Crippen LogP contribution >= 0.6 is 0 Å². The van der Waals surface area contributed by atoms with Crippen molar-refractivity contribution in [3.8, 4) is 0 Å². The van der Waals surface area contributed by atoms with E-state index in [4.69, 9.17) is 5.11 Å². The largest absolute Gasteiger partial charge is 0.478 e. The molecule has 0 saturated carbocycles. The average Bonchev–Trinajstić information content (AvgIpc) is 2.38. The standard InChI is InChI=1S/C14H18N2O4/c1-10(17)15-8-6-13(18)16-7-5-11-3-2-4-12(9-11)14(19)20/h2-4,9H,5-8H2,1H3,(H,15,17)(H,16,18)(H,19,20). The SMILES string of the molecule is CC(=O)NCCC(=O)NCCc1cccc(C(=O)O)c1. The first-order valence-electron chi connectivity index (χ1n) is 6.32. The van der Waals surface area contributed by atoms with Gasteiger partial charge in [0.2, 0.25) is 11.8 Å². The number of carbonyl (C=O) groups excluding carboxylic acids is 2. The lowest BCUT2D eigenvalue weighted by Gasteiger charge is -2.06. The van der Waals surface area contributed by atoms with Crippen LogP contribution in [-0.2, 0) is 16.0 Å². The summed E-state index contributed by atoms with van der Waals surface area (Å²) in [5, 5.41) is 14.1. The second kappa shape index (κ2) is 7.93. The zero-order chi connectivity index (χ0) is 15.0. The third kappa shape index (κ3) is 5.99. The number of carboxylic acid groups (broad SMARTS) is 1. The molecule has 0 radical (unpaired) electrons. The lowest BCUT2D eigenvalue weighted by atomic mass is 10.1. The predicted octanol–water partition coefficient (Wildman–Crippen LogP) is 0.570. The van der Waals surface area contributed by atoms with Crippen LogP contribution in [0.25, 0.3) is 0 Å². The maximum Gasteiger partial charge on any atom is 0.335 e. The molecule has 0 aliphatic heterocycles. The third-order valence-electron chi connectivity index (χ3n) is 2.64. The minimum absolute atomic E-state index is 0.145. The number of nitrogens with one attached hydrogen (secondary N) is 2. The molecule has 3 N–H and O–H groups in total. The molecule has 0 fully saturated rings. The molecule has 6 nitrogen and oxygen atoms in total. The fourth-order valence-corrected chi connectivity index (χ4v) is 1.65. The normalized spacial score (nSPS) is 9.85. The minimum atomic E-state index is -0.966. The van der Waals surface area contributed by atoms with E-state index < -0.39 is 5.97 Å². The van der Waals surface area contributed by atoms with Crippen molar-refractivity contribution in [2.45, 2.75) is 19.8 Å². The summed E-state index contributed by atoms with van der Waals surface area (Å²) in [6.07, 6.45) is 0.793. The first kappa shape index (κ1) is 15.7. The van der Waals surface area contributed by atoms with E-state index in [1.165, 1.54) is 13.0 Å². The van der Waals surface area contributed by atoms with Crippen molar-refractivity contribution in [3.63, 3.8) is 0 Å². The van der Waals surface area contributed by atoms with E-state index in [1.807, 2.05) is 6.07 Å². The fourth-order valence-electron chi connectivity index (χ4n) is 1.65. The van der Waals surface area contributed by atoms with Crippen molar-refractivity contribution in [3.05, 3.63) is 35.4 Å².